The van der Waals surface area contributed by atoms with Crippen molar-refractivity contribution in [3.63, 3.8) is 0 Å². The number of methoxy groups -OCH3 is 1. The highest BCUT2D eigenvalue weighted by Crippen LogP contribution is 2.40. The van der Waals surface area contributed by atoms with E-state index in [9.17, 15) is 14.4 Å². The summed E-state index contributed by atoms with van der Waals surface area (Å²) in [7, 11) is 1.37. The Kier molecular flexibility index (Phi) is 7.58. The summed E-state index contributed by atoms with van der Waals surface area (Å²) in [5.74, 6) is 0.506. The summed E-state index contributed by atoms with van der Waals surface area (Å²) < 4.78 is 6.70. The third-order valence-corrected chi connectivity index (χ3v) is 11.1. The van der Waals surface area contributed by atoms with Gasteiger partial charge in [0.15, 0.2) is 5.16 Å². The molecular weight excluding hydrogens is 563 g/mol. The van der Waals surface area contributed by atoms with E-state index in [1.54, 1.807) is 15.9 Å². The Morgan fingerprint density at radius 2 is 1.73 bits per heavy atom. The van der Waals surface area contributed by atoms with Crippen LogP contribution in [0.25, 0.3) is 15.9 Å². The molecule has 1 N–H and O–H groups in total. The Bertz CT molecular complexity index is 1670. The maximum absolute atomic E-state index is 14.0. The fraction of sp³-hybridized carbons (Fsp3) is 0.400. The van der Waals surface area contributed by atoms with Crippen molar-refractivity contribution in [1.82, 2.24) is 9.55 Å². The molecule has 0 bridgehead atoms. The fourth-order valence-corrected chi connectivity index (χ4v) is 9.37. The maximum Gasteiger partial charge on any atom is 0.341 e. The number of rotatable bonds is 6. The van der Waals surface area contributed by atoms with Crippen LogP contribution < -0.4 is 10.9 Å². The highest BCUT2D eigenvalue weighted by atomic mass is 32.2. The number of para-hydroxylation sites is 1. The number of hydrogen-bond acceptors (Lipinski definition) is 8. The summed E-state index contributed by atoms with van der Waals surface area (Å²) in [6.07, 6.45) is 5.64. The minimum atomic E-state index is -0.420. The van der Waals surface area contributed by atoms with Crippen molar-refractivity contribution in [1.29, 1.82) is 0 Å². The van der Waals surface area contributed by atoms with Gasteiger partial charge in [-0.15, -0.1) is 22.7 Å². The molecule has 2 aliphatic rings. The van der Waals surface area contributed by atoms with Crippen LogP contribution in [-0.2, 0) is 35.2 Å². The van der Waals surface area contributed by atoms with Gasteiger partial charge < -0.3 is 10.1 Å². The summed E-state index contributed by atoms with van der Waals surface area (Å²) in [4.78, 5) is 47.9. The minimum Gasteiger partial charge on any atom is -0.465 e. The first-order valence-electron chi connectivity index (χ1n) is 13.6. The van der Waals surface area contributed by atoms with Crippen LogP contribution >= 0.6 is 34.4 Å². The Morgan fingerprint density at radius 3 is 2.42 bits per heavy atom. The molecule has 3 aromatic heterocycles. The van der Waals surface area contributed by atoms with Gasteiger partial charge in [-0.1, -0.05) is 43.8 Å². The highest BCUT2D eigenvalue weighted by molar-refractivity contribution is 7.99. The first kappa shape index (κ1) is 27.2. The third-order valence-electron chi connectivity index (χ3n) is 7.80. The first-order chi connectivity index (χ1) is 19.3. The van der Waals surface area contributed by atoms with E-state index in [0.717, 1.165) is 65.0 Å². The van der Waals surface area contributed by atoms with E-state index >= 15 is 0 Å². The molecule has 2 aliphatic carbocycles. The van der Waals surface area contributed by atoms with E-state index in [-0.39, 0.29) is 17.2 Å². The number of anilines is 1. The molecule has 1 amide bonds. The van der Waals surface area contributed by atoms with E-state index in [1.165, 1.54) is 35.1 Å². The maximum atomic E-state index is 14.0. The number of carbonyl (C=O) groups excluding carboxylic acids is 2. The molecule has 7 nitrogen and oxygen atoms in total. The molecule has 208 valence electrons. The van der Waals surface area contributed by atoms with Gasteiger partial charge in [0.1, 0.15) is 9.83 Å². The monoisotopic (exact) mass is 593 g/mol. The zero-order chi connectivity index (χ0) is 28.0. The van der Waals surface area contributed by atoms with Crippen LogP contribution in [0.3, 0.4) is 0 Å². The van der Waals surface area contributed by atoms with E-state index in [2.05, 4.69) is 19.2 Å². The van der Waals surface area contributed by atoms with Crippen molar-refractivity contribution in [3.05, 3.63) is 67.1 Å². The Labute approximate surface area is 245 Å². The predicted molar refractivity (Wildman–Crippen MR) is 163 cm³/mol. The van der Waals surface area contributed by atoms with Gasteiger partial charge in [-0.2, -0.15) is 0 Å². The molecule has 40 heavy (non-hydrogen) atoms. The number of aryl methyl sites for hydroxylation is 1. The number of nitrogens with one attached hydrogen (secondary N) is 1. The SMILES string of the molecule is COC(=O)c1c(NC(=O)CSc2nc3sc4c(c3c(=O)n2-c2ccccc2)CCC(C)C4)sc2c1CCC(C)C2. The number of amides is 1. The zero-order valence-corrected chi connectivity index (χ0v) is 25.2. The average Bonchev–Trinajstić information content (AvgIpc) is 3.48. The summed E-state index contributed by atoms with van der Waals surface area (Å²) in [6, 6.07) is 9.48. The van der Waals surface area contributed by atoms with Crippen molar-refractivity contribution in [2.45, 2.75) is 57.5 Å². The van der Waals surface area contributed by atoms with E-state index < -0.39 is 5.97 Å². The van der Waals surface area contributed by atoms with Crippen LogP contribution in [0.5, 0.6) is 0 Å². The second-order valence-corrected chi connectivity index (χ2v) is 13.9. The van der Waals surface area contributed by atoms with Gasteiger partial charge in [-0.3, -0.25) is 14.2 Å². The average molecular weight is 594 g/mol. The lowest BCUT2D eigenvalue weighted by Gasteiger charge is -2.18. The quantitative estimate of drug-likeness (QED) is 0.161. The van der Waals surface area contributed by atoms with Gasteiger partial charge in [0.25, 0.3) is 5.56 Å². The van der Waals surface area contributed by atoms with Crippen LogP contribution in [0.1, 0.15) is 57.9 Å². The van der Waals surface area contributed by atoms with Crippen LogP contribution in [0, 0.1) is 11.8 Å². The highest BCUT2D eigenvalue weighted by Gasteiger charge is 2.29. The Hall–Kier alpha value is -2.95. The largest absolute Gasteiger partial charge is 0.465 e. The predicted octanol–water partition coefficient (Wildman–Crippen LogP) is 6.28. The molecule has 4 aromatic rings. The number of fused-ring (bicyclic) bond motifs is 4. The number of thioether (sulfide) groups is 1. The standard InChI is InChI=1S/C30H31N3O4S3/c1-16-9-11-19-21(13-16)39-26-24(19)28(35)33(18-7-5-4-6-8-18)30(32-26)38-15-23(34)31-27-25(29(36)37-3)20-12-10-17(2)14-22(20)40-27/h4-8,16-17H,9-15H2,1-3H3,(H,31,34). The van der Waals surface area contributed by atoms with E-state index in [1.807, 2.05) is 30.3 Å². The fourth-order valence-electron chi connectivity index (χ4n) is 5.72. The van der Waals surface area contributed by atoms with Gasteiger partial charge in [0.2, 0.25) is 5.91 Å². The third kappa shape index (κ3) is 5.01. The van der Waals surface area contributed by atoms with Crippen LogP contribution in [0.4, 0.5) is 5.00 Å². The molecule has 1 aromatic carbocycles. The smallest absolute Gasteiger partial charge is 0.341 e. The molecule has 0 aliphatic heterocycles. The molecule has 0 saturated carbocycles. The summed E-state index contributed by atoms with van der Waals surface area (Å²) in [6.45, 7) is 4.45. The lowest BCUT2D eigenvalue weighted by Crippen LogP contribution is -2.23. The molecule has 3 heterocycles. The summed E-state index contributed by atoms with van der Waals surface area (Å²) in [5, 5.41) is 4.71. The summed E-state index contributed by atoms with van der Waals surface area (Å²) >= 11 is 4.31. The molecule has 2 atom stereocenters. The normalized spacial score (nSPS) is 18.3. The van der Waals surface area contributed by atoms with Crippen molar-refractivity contribution >= 4 is 61.5 Å². The minimum absolute atomic E-state index is 0.0481. The Balaban J connectivity index is 1.32. The molecule has 0 fully saturated rings. The van der Waals surface area contributed by atoms with Gasteiger partial charge in [-0.25, -0.2) is 9.78 Å². The van der Waals surface area contributed by atoms with Gasteiger partial charge in [-0.05, 0) is 73.6 Å². The van der Waals surface area contributed by atoms with E-state index in [0.29, 0.717) is 32.9 Å². The van der Waals surface area contributed by atoms with Crippen molar-refractivity contribution in [3.8, 4) is 5.69 Å². The van der Waals surface area contributed by atoms with Crippen molar-refractivity contribution in [2.24, 2.45) is 11.8 Å². The number of thiophene rings is 2. The molecule has 10 heteroatoms. The number of carbonyl (C=O) groups is 2. The number of hydrogen-bond donors (Lipinski definition) is 1. The first-order valence-corrected chi connectivity index (χ1v) is 16.2. The van der Waals surface area contributed by atoms with Crippen LogP contribution in [0.2, 0.25) is 0 Å². The van der Waals surface area contributed by atoms with E-state index in [4.69, 9.17) is 9.72 Å². The molecule has 0 spiro atoms. The Morgan fingerprint density at radius 1 is 1.05 bits per heavy atom. The van der Waals surface area contributed by atoms with Gasteiger partial charge in [0, 0.05) is 9.75 Å². The molecular formula is C30H31N3O4S3. The number of esters is 1. The topological polar surface area (TPSA) is 90.3 Å². The number of nitrogens with zero attached hydrogens (tertiary/aromatic N) is 2. The lowest BCUT2D eigenvalue weighted by molar-refractivity contribution is -0.113. The van der Waals surface area contributed by atoms with Gasteiger partial charge in [0.05, 0.1) is 29.5 Å². The second-order valence-electron chi connectivity index (χ2n) is 10.8. The van der Waals surface area contributed by atoms with Crippen molar-refractivity contribution in [2.75, 3.05) is 18.2 Å². The zero-order valence-electron chi connectivity index (χ0n) is 22.7. The number of aromatic nitrogens is 2. The number of benzene rings is 1. The second kappa shape index (κ2) is 11.1. The van der Waals surface area contributed by atoms with Crippen molar-refractivity contribution < 1.29 is 14.3 Å². The lowest BCUT2D eigenvalue weighted by atomic mass is 9.88. The molecule has 2 unspecified atom stereocenters. The van der Waals surface area contributed by atoms with Gasteiger partial charge >= 0.3 is 5.97 Å². The van der Waals surface area contributed by atoms with Crippen LogP contribution in [0.15, 0.2) is 40.3 Å². The summed E-state index contributed by atoms with van der Waals surface area (Å²) in [5.41, 5.74) is 3.26. The number of ether oxygens (including phenoxy) is 1. The molecule has 6 rings (SSSR count). The molecule has 0 radical (unpaired) electrons. The molecule has 0 saturated heterocycles. The van der Waals surface area contributed by atoms with Crippen LogP contribution in [-0.4, -0.2) is 34.3 Å².